The molecular weight excluding hydrogens is 448 g/mol. The maximum absolute atomic E-state index is 13.7. The van der Waals surface area contributed by atoms with E-state index in [9.17, 15) is 9.59 Å². The number of aromatic nitrogens is 1. The van der Waals surface area contributed by atoms with Crippen LogP contribution in [0.5, 0.6) is 0 Å². The molecule has 1 aromatic carbocycles. The molecule has 9 nitrogen and oxygen atoms in total. The van der Waals surface area contributed by atoms with Gasteiger partial charge in [0.05, 0.1) is 12.5 Å². The highest BCUT2D eigenvalue weighted by Gasteiger charge is 2.38. The fourth-order valence-corrected chi connectivity index (χ4v) is 4.87. The van der Waals surface area contributed by atoms with Crippen molar-refractivity contribution in [3.8, 4) is 0 Å². The monoisotopic (exact) mass is 486 g/mol. The lowest BCUT2D eigenvalue weighted by Crippen LogP contribution is -2.53. The molecule has 9 heteroatoms. The Kier molecular flexibility index (Phi) is 9.01. The Morgan fingerprint density at radius 3 is 2.69 bits per heavy atom. The first-order chi connectivity index (χ1) is 17.1. The number of aryl methyl sites for hydroxylation is 1. The van der Waals surface area contributed by atoms with Crippen LogP contribution < -0.4 is 10.6 Å². The number of nitrogens with one attached hydrogen (secondary N) is 2. The lowest BCUT2D eigenvalue weighted by atomic mass is 9.94. The van der Waals surface area contributed by atoms with Gasteiger partial charge in [0.1, 0.15) is 6.61 Å². The Morgan fingerprint density at radius 1 is 1.11 bits per heavy atom. The second-order valence-corrected chi connectivity index (χ2v) is 9.47. The first kappa shape index (κ1) is 25.5. The number of ether oxygens (including phenoxy) is 3. The van der Waals surface area contributed by atoms with Gasteiger partial charge in [0.15, 0.2) is 0 Å². The third-order valence-electron chi connectivity index (χ3n) is 6.77. The van der Waals surface area contributed by atoms with Crippen LogP contribution in [0.4, 0.5) is 4.79 Å². The van der Waals surface area contributed by atoms with Crippen LogP contribution in [-0.4, -0.2) is 80.7 Å². The summed E-state index contributed by atoms with van der Waals surface area (Å²) in [6.45, 7) is 4.02. The number of hydrogen-bond donors (Lipinski definition) is 2. The van der Waals surface area contributed by atoms with Crippen molar-refractivity contribution < 1.29 is 23.8 Å². The molecule has 4 rings (SSSR count). The molecule has 0 bridgehead atoms. The second-order valence-electron chi connectivity index (χ2n) is 9.47. The van der Waals surface area contributed by atoms with Gasteiger partial charge in [-0.25, -0.2) is 4.79 Å². The molecule has 0 spiro atoms. The second kappa shape index (κ2) is 12.4. The third-order valence-corrected chi connectivity index (χ3v) is 6.77. The predicted octanol–water partition coefficient (Wildman–Crippen LogP) is 2.52. The topological polar surface area (TPSA) is 94.1 Å². The maximum Gasteiger partial charge on any atom is 0.407 e. The highest BCUT2D eigenvalue weighted by atomic mass is 16.6. The zero-order valence-corrected chi connectivity index (χ0v) is 20.8. The third kappa shape index (κ3) is 6.74. The number of methoxy groups -OCH3 is 2. The Hall–Kier alpha value is -2.62. The SMILES string of the molecule is COCCCn1cc(CN(C(=O)[C@@H]2CNC[C@H](NC(=O)OCCOC)C2)C2CC2)c2ccccc21. The average molecular weight is 487 g/mol. The Morgan fingerprint density at radius 2 is 1.91 bits per heavy atom. The molecule has 2 aromatic rings. The summed E-state index contributed by atoms with van der Waals surface area (Å²) in [5.41, 5.74) is 2.37. The van der Waals surface area contributed by atoms with E-state index in [1.54, 1.807) is 14.2 Å². The predicted molar refractivity (Wildman–Crippen MR) is 133 cm³/mol. The largest absolute Gasteiger partial charge is 0.447 e. The molecule has 1 saturated heterocycles. The van der Waals surface area contributed by atoms with E-state index in [2.05, 4.69) is 50.6 Å². The number of nitrogens with zero attached hydrogens (tertiary/aromatic N) is 2. The number of piperidine rings is 1. The van der Waals surface area contributed by atoms with Crippen molar-refractivity contribution in [1.29, 1.82) is 0 Å². The van der Waals surface area contributed by atoms with Crippen molar-refractivity contribution in [1.82, 2.24) is 20.1 Å². The van der Waals surface area contributed by atoms with Gasteiger partial charge in [-0.15, -0.1) is 0 Å². The van der Waals surface area contributed by atoms with E-state index in [1.165, 1.54) is 16.5 Å². The summed E-state index contributed by atoms with van der Waals surface area (Å²) in [4.78, 5) is 27.8. The minimum absolute atomic E-state index is 0.142. The molecule has 35 heavy (non-hydrogen) atoms. The summed E-state index contributed by atoms with van der Waals surface area (Å²) in [5.74, 6) is -0.0147. The van der Waals surface area contributed by atoms with Gasteiger partial charge in [-0.2, -0.15) is 0 Å². The first-order valence-corrected chi connectivity index (χ1v) is 12.6. The zero-order valence-electron chi connectivity index (χ0n) is 20.8. The Balaban J connectivity index is 1.42. The molecule has 2 fully saturated rings. The number of alkyl carbamates (subject to hydrolysis) is 1. The summed E-state index contributed by atoms with van der Waals surface area (Å²) < 4.78 is 17.5. The van der Waals surface area contributed by atoms with E-state index in [0.717, 1.165) is 32.4 Å². The van der Waals surface area contributed by atoms with E-state index >= 15 is 0 Å². The molecule has 1 aliphatic heterocycles. The highest BCUT2D eigenvalue weighted by molar-refractivity contribution is 5.85. The number of rotatable bonds is 12. The summed E-state index contributed by atoms with van der Waals surface area (Å²) in [6, 6.07) is 8.56. The van der Waals surface area contributed by atoms with Crippen molar-refractivity contribution in [3.63, 3.8) is 0 Å². The molecule has 2 heterocycles. The van der Waals surface area contributed by atoms with Crippen molar-refractivity contribution in [2.24, 2.45) is 5.92 Å². The van der Waals surface area contributed by atoms with Crippen LogP contribution in [-0.2, 0) is 32.1 Å². The summed E-state index contributed by atoms with van der Waals surface area (Å²) >= 11 is 0. The molecule has 192 valence electrons. The number of para-hydroxylation sites is 1. The standard InChI is InChI=1S/C26H38N4O5/c1-33-11-5-10-29-17-20(23-6-3-4-7-24(23)29)18-30(22-8-9-22)25(31)19-14-21(16-27-15-19)28-26(32)35-13-12-34-2/h3-4,6-7,17,19,21-22,27H,5,8-16,18H2,1-2H3,(H,28,32)/t19-,21+/m0/s1. The van der Waals surface area contributed by atoms with Crippen LogP contribution in [0.25, 0.3) is 10.9 Å². The van der Waals surface area contributed by atoms with Gasteiger partial charge in [0, 0.05) is 76.2 Å². The van der Waals surface area contributed by atoms with Gasteiger partial charge >= 0.3 is 6.09 Å². The van der Waals surface area contributed by atoms with Crippen LogP contribution in [0.3, 0.4) is 0 Å². The summed E-state index contributed by atoms with van der Waals surface area (Å²) in [5, 5.41) is 7.40. The van der Waals surface area contributed by atoms with Crippen molar-refractivity contribution in [2.75, 3.05) is 47.1 Å². The molecule has 1 aromatic heterocycles. The van der Waals surface area contributed by atoms with Gasteiger partial charge in [-0.05, 0) is 37.3 Å². The lowest BCUT2D eigenvalue weighted by Gasteiger charge is -2.33. The molecule has 0 radical (unpaired) electrons. The number of benzene rings is 1. The van der Waals surface area contributed by atoms with Gasteiger partial charge in [0.2, 0.25) is 5.91 Å². The molecule has 1 saturated carbocycles. The molecule has 0 unspecified atom stereocenters. The number of carbonyl (C=O) groups excluding carboxylic acids is 2. The van der Waals surface area contributed by atoms with Gasteiger partial charge < -0.3 is 34.3 Å². The van der Waals surface area contributed by atoms with Crippen LogP contribution in [0.15, 0.2) is 30.5 Å². The van der Waals surface area contributed by atoms with Crippen molar-refractivity contribution in [3.05, 3.63) is 36.0 Å². The molecule has 2 atom stereocenters. The smallest absolute Gasteiger partial charge is 0.407 e. The number of fused-ring (bicyclic) bond motifs is 1. The molecule has 2 N–H and O–H groups in total. The number of carbonyl (C=O) groups is 2. The molecule has 2 aliphatic rings. The first-order valence-electron chi connectivity index (χ1n) is 12.6. The number of hydrogen-bond acceptors (Lipinski definition) is 6. The van der Waals surface area contributed by atoms with E-state index in [0.29, 0.717) is 38.7 Å². The minimum Gasteiger partial charge on any atom is -0.447 e. The molecule has 2 amide bonds. The van der Waals surface area contributed by atoms with E-state index < -0.39 is 6.09 Å². The average Bonchev–Trinajstić information content (AvgIpc) is 3.65. The van der Waals surface area contributed by atoms with Crippen molar-refractivity contribution in [2.45, 2.75) is 50.9 Å². The normalized spacial score (nSPS) is 20.1. The quantitative estimate of drug-likeness (QED) is 0.448. The lowest BCUT2D eigenvalue weighted by molar-refractivity contribution is -0.137. The zero-order chi connectivity index (χ0) is 24.6. The molecule has 1 aliphatic carbocycles. The van der Waals surface area contributed by atoms with Crippen LogP contribution in [0.1, 0.15) is 31.2 Å². The van der Waals surface area contributed by atoms with Crippen LogP contribution >= 0.6 is 0 Å². The van der Waals surface area contributed by atoms with Gasteiger partial charge in [-0.1, -0.05) is 18.2 Å². The minimum atomic E-state index is -0.470. The Bertz CT molecular complexity index is 989. The fraction of sp³-hybridized carbons (Fsp3) is 0.615. The van der Waals surface area contributed by atoms with Gasteiger partial charge in [0.25, 0.3) is 0 Å². The molecular formula is C26H38N4O5. The Labute approximate surface area is 207 Å². The fourth-order valence-electron chi connectivity index (χ4n) is 4.87. The summed E-state index contributed by atoms with van der Waals surface area (Å²) in [7, 11) is 3.29. The van der Waals surface area contributed by atoms with Crippen molar-refractivity contribution >= 4 is 22.9 Å². The van der Waals surface area contributed by atoms with Gasteiger partial charge in [-0.3, -0.25) is 4.79 Å². The summed E-state index contributed by atoms with van der Waals surface area (Å²) in [6.07, 6.45) is 5.37. The highest BCUT2D eigenvalue weighted by Crippen LogP contribution is 2.33. The maximum atomic E-state index is 13.7. The van der Waals surface area contributed by atoms with E-state index in [4.69, 9.17) is 14.2 Å². The van der Waals surface area contributed by atoms with E-state index in [1.807, 2.05) is 0 Å². The van der Waals surface area contributed by atoms with E-state index in [-0.39, 0.29) is 24.5 Å². The number of amides is 2. The van der Waals surface area contributed by atoms with Crippen LogP contribution in [0.2, 0.25) is 0 Å². The van der Waals surface area contributed by atoms with Crippen LogP contribution in [0, 0.1) is 5.92 Å².